The molecule has 0 saturated carbocycles. The molecule has 5 rings (SSSR count). The molecule has 0 radical (unpaired) electrons. The summed E-state index contributed by atoms with van der Waals surface area (Å²) in [6, 6.07) is 10.6. The molecule has 8 heteroatoms. The molecule has 0 spiro atoms. The molecule has 3 aromatic rings. The molecule has 8 nitrogen and oxygen atoms in total. The first kappa shape index (κ1) is 26.3. The summed E-state index contributed by atoms with van der Waals surface area (Å²) in [6.45, 7) is 11.6. The van der Waals surface area contributed by atoms with Gasteiger partial charge in [-0.15, -0.1) is 0 Å². The predicted molar refractivity (Wildman–Crippen MR) is 145 cm³/mol. The van der Waals surface area contributed by atoms with Crippen LogP contribution in [0.4, 0.5) is 0 Å². The summed E-state index contributed by atoms with van der Waals surface area (Å²) >= 11 is 0. The van der Waals surface area contributed by atoms with Gasteiger partial charge in [0, 0.05) is 26.2 Å². The minimum absolute atomic E-state index is 0.131. The number of nitrogens with zero attached hydrogens (tertiary/aromatic N) is 2. The van der Waals surface area contributed by atoms with Gasteiger partial charge in [-0.2, -0.15) is 0 Å². The smallest absolute Gasteiger partial charge is 0.290 e. The van der Waals surface area contributed by atoms with Gasteiger partial charge in [0.2, 0.25) is 5.76 Å². The summed E-state index contributed by atoms with van der Waals surface area (Å²) in [5.41, 5.74) is 2.42. The molecule has 1 amide bonds. The van der Waals surface area contributed by atoms with E-state index in [1.807, 2.05) is 44.2 Å². The zero-order valence-corrected chi connectivity index (χ0v) is 22.5. The van der Waals surface area contributed by atoms with Gasteiger partial charge in [0.05, 0.1) is 43.4 Å². The summed E-state index contributed by atoms with van der Waals surface area (Å²) in [5, 5.41) is 0.490. The van der Waals surface area contributed by atoms with E-state index in [9.17, 15) is 9.59 Å². The Labute approximate surface area is 223 Å². The van der Waals surface area contributed by atoms with Gasteiger partial charge in [-0.3, -0.25) is 14.5 Å². The van der Waals surface area contributed by atoms with Crippen molar-refractivity contribution in [3.8, 4) is 11.5 Å². The highest BCUT2D eigenvalue weighted by molar-refractivity contribution is 5.99. The minimum atomic E-state index is -0.567. The van der Waals surface area contributed by atoms with E-state index in [0.717, 1.165) is 56.8 Å². The lowest BCUT2D eigenvalue weighted by Crippen LogP contribution is -2.38. The van der Waals surface area contributed by atoms with Gasteiger partial charge in [-0.1, -0.05) is 24.6 Å². The molecule has 202 valence electrons. The zero-order valence-electron chi connectivity index (χ0n) is 22.5. The Morgan fingerprint density at radius 2 is 1.79 bits per heavy atom. The maximum atomic E-state index is 13.9. The maximum absolute atomic E-state index is 13.9. The molecule has 1 fully saturated rings. The van der Waals surface area contributed by atoms with Gasteiger partial charge >= 0.3 is 0 Å². The first-order valence-electron chi connectivity index (χ1n) is 13.6. The second kappa shape index (κ2) is 11.6. The van der Waals surface area contributed by atoms with Crippen LogP contribution in [0.3, 0.4) is 0 Å². The second-order valence-corrected chi connectivity index (χ2v) is 9.87. The Kier molecular flexibility index (Phi) is 8.00. The van der Waals surface area contributed by atoms with E-state index in [4.69, 9.17) is 18.6 Å². The number of hydrogen-bond acceptors (Lipinski definition) is 7. The standard InChI is InChI=1S/C30H36N2O6/c1-4-15-37-24-10-8-21(19-25(24)36-5-2)27-26-28(33)22-18-20(3)7-9-23(22)38-29(26)30(34)32(27)12-6-11-31-13-16-35-17-14-31/h7-10,18-19,27H,4-6,11-17H2,1-3H3. The lowest BCUT2D eigenvalue weighted by Gasteiger charge is -2.29. The highest BCUT2D eigenvalue weighted by Gasteiger charge is 2.42. The predicted octanol–water partition coefficient (Wildman–Crippen LogP) is 4.56. The molecule has 0 bridgehead atoms. The van der Waals surface area contributed by atoms with Crippen LogP contribution in [0.25, 0.3) is 11.0 Å². The van der Waals surface area contributed by atoms with Crippen LogP contribution in [0.15, 0.2) is 45.6 Å². The van der Waals surface area contributed by atoms with Crippen LogP contribution < -0.4 is 14.9 Å². The van der Waals surface area contributed by atoms with Crippen molar-refractivity contribution in [1.29, 1.82) is 0 Å². The van der Waals surface area contributed by atoms with Crippen molar-refractivity contribution in [2.24, 2.45) is 0 Å². The van der Waals surface area contributed by atoms with E-state index in [-0.39, 0.29) is 17.1 Å². The van der Waals surface area contributed by atoms with Crippen LogP contribution in [0.2, 0.25) is 0 Å². The van der Waals surface area contributed by atoms with Crippen molar-refractivity contribution in [2.75, 3.05) is 52.6 Å². The average molecular weight is 521 g/mol. The number of fused-ring (bicyclic) bond motifs is 2. The van der Waals surface area contributed by atoms with Crippen molar-refractivity contribution >= 4 is 16.9 Å². The van der Waals surface area contributed by atoms with Crippen LogP contribution in [0, 0.1) is 6.92 Å². The number of rotatable bonds is 10. The van der Waals surface area contributed by atoms with Gasteiger partial charge < -0.3 is 23.5 Å². The fourth-order valence-corrected chi connectivity index (χ4v) is 5.30. The number of benzene rings is 2. The van der Waals surface area contributed by atoms with Crippen LogP contribution in [0.5, 0.6) is 11.5 Å². The van der Waals surface area contributed by atoms with Gasteiger partial charge in [0.25, 0.3) is 5.91 Å². The molecule has 1 atom stereocenters. The molecular weight excluding hydrogens is 484 g/mol. The summed E-state index contributed by atoms with van der Waals surface area (Å²) in [6.07, 6.45) is 1.65. The molecule has 2 aliphatic rings. The van der Waals surface area contributed by atoms with Crippen LogP contribution >= 0.6 is 0 Å². The Balaban J connectivity index is 1.55. The Morgan fingerprint density at radius 3 is 2.55 bits per heavy atom. The summed E-state index contributed by atoms with van der Waals surface area (Å²) < 4.78 is 23.4. The topological polar surface area (TPSA) is 81.5 Å². The van der Waals surface area contributed by atoms with Gasteiger partial charge in [-0.25, -0.2) is 0 Å². The summed E-state index contributed by atoms with van der Waals surface area (Å²) in [7, 11) is 0. The second-order valence-electron chi connectivity index (χ2n) is 9.87. The number of amides is 1. The van der Waals surface area contributed by atoms with E-state index in [1.165, 1.54) is 0 Å². The normalized spacial score (nSPS) is 17.7. The third-order valence-corrected chi connectivity index (χ3v) is 7.14. The molecule has 2 aromatic carbocycles. The lowest BCUT2D eigenvalue weighted by molar-refractivity contribution is 0.0353. The highest BCUT2D eigenvalue weighted by Crippen LogP contribution is 2.41. The molecule has 1 aromatic heterocycles. The fourth-order valence-electron chi connectivity index (χ4n) is 5.30. The first-order valence-corrected chi connectivity index (χ1v) is 13.6. The summed E-state index contributed by atoms with van der Waals surface area (Å²) in [5.74, 6) is 1.14. The minimum Gasteiger partial charge on any atom is -0.490 e. The Bertz CT molecular complexity index is 1360. The number of ether oxygens (including phenoxy) is 3. The van der Waals surface area contributed by atoms with Crippen molar-refractivity contribution < 1.29 is 23.4 Å². The number of morpholine rings is 1. The van der Waals surface area contributed by atoms with E-state index < -0.39 is 6.04 Å². The van der Waals surface area contributed by atoms with Crippen molar-refractivity contribution in [1.82, 2.24) is 9.80 Å². The number of carbonyl (C=O) groups excluding carboxylic acids is 1. The third kappa shape index (κ3) is 5.15. The van der Waals surface area contributed by atoms with E-state index in [2.05, 4.69) is 11.8 Å². The number of aryl methyl sites for hydroxylation is 1. The Hall–Kier alpha value is -3.36. The van der Waals surface area contributed by atoms with Crippen molar-refractivity contribution in [2.45, 2.75) is 39.7 Å². The molecule has 2 aliphatic heterocycles. The summed E-state index contributed by atoms with van der Waals surface area (Å²) in [4.78, 5) is 31.7. The SMILES string of the molecule is CCCOc1ccc(C2c3c(oc4ccc(C)cc4c3=O)C(=O)N2CCCN2CCOCC2)cc1OCC. The van der Waals surface area contributed by atoms with Gasteiger partial charge in [0.1, 0.15) is 5.58 Å². The van der Waals surface area contributed by atoms with Crippen LogP contribution in [-0.2, 0) is 4.74 Å². The largest absolute Gasteiger partial charge is 0.490 e. The number of hydrogen-bond donors (Lipinski definition) is 0. The van der Waals surface area contributed by atoms with E-state index in [1.54, 1.807) is 11.0 Å². The third-order valence-electron chi connectivity index (χ3n) is 7.14. The van der Waals surface area contributed by atoms with Crippen molar-refractivity contribution in [3.63, 3.8) is 0 Å². The van der Waals surface area contributed by atoms with E-state index >= 15 is 0 Å². The van der Waals surface area contributed by atoms with Crippen LogP contribution in [-0.4, -0.2) is 68.3 Å². The maximum Gasteiger partial charge on any atom is 0.290 e. The molecule has 3 heterocycles. The van der Waals surface area contributed by atoms with Crippen molar-refractivity contribution in [3.05, 3.63) is 69.1 Å². The van der Waals surface area contributed by atoms with Gasteiger partial charge in [-0.05, 0) is 56.5 Å². The fraction of sp³-hybridized carbons (Fsp3) is 0.467. The van der Waals surface area contributed by atoms with Crippen LogP contribution in [0.1, 0.15) is 60.0 Å². The average Bonchev–Trinajstić information content (AvgIpc) is 3.20. The molecule has 0 aliphatic carbocycles. The number of carbonyl (C=O) groups is 1. The van der Waals surface area contributed by atoms with E-state index in [0.29, 0.717) is 47.8 Å². The molecule has 0 N–H and O–H groups in total. The Morgan fingerprint density at radius 1 is 0.974 bits per heavy atom. The monoisotopic (exact) mass is 520 g/mol. The molecular formula is C30H36N2O6. The highest BCUT2D eigenvalue weighted by atomic mass is 16.5. The molecule has 1 unspecified atom stereocenters. The zero-order chi connectivity index (χ0) is 26.6. The van der Waals surface area contributed by atoms with Gasteiger partial charge in [0.15, 0.2) is 16.9 Å². The molecule has 38 heavy (non-hydrogen) atoms. The molecule has 1 saturated heterocycles. The lowest BCUT2D eigenvalue weighted by atomic mass is 9.97. The quantitative estimate of drug-likeness (QED) is 0.388. The first-order chi connectivity index (χ1) is 18.5.